The van der Waals surface area contributed by atoms with Gasteiger partial charge in [-0.25, -0.2) is 4.79 Å². The van der Waals surface area contributed by atoms with Gasteiger partial charge in [-0.15, -0.1) is 0 Å². The van der Waals surface area contributed by atoms with Crippen LogP contribution in [0.3, 0.4) is 0 Å². The highest BCUT2D eigenvalue weighted by Gasteiger charge is 2.49. The van der Waals surface area contributed by atoms with Crippen molar-refractivity contribution < 1.29 is 14.3 Å². The van der Waals surface area contributed by atoms with E-state index in [2.05, 4.69) is 28.2 Å². The SMILES string of the molecule is CCCN1C(=O)NC2CC1(C)Oc1c(Br)cc(OC)cc12. The molecule has 1 N–H and O–H groups in total. The van der Waals surface area contributed by atoms with Crippen LogP contribution in [0, 0.1) is 0 Å². The molecule has 2 aliphatic heterocycles. The van der Waals surface area contributed by atoms with Crippen LogP contribution in [0.25, 0.3) is 0 Å². The summed E-state index contributed by atoms with van der Waals surface area (Å²) in [5.74, 6) is 1.54. The molecule has 0 saturated carbocycles. The van der Waals surface area contributed by atoms with Gasteiger partial charge in [-0.3, -0.25) is 4.90 Å². The number of carbonyl (C=O) groups is 1. The van der Waals surface area contributed by atoms with Gasteiger partial charge >= 0.3 is 6.03 Å². The minimum absolute atomic E-state index is 0.0502. The summed E-state index contributed by atoms with van der Waals surface area (Å²) in [5.41, 5.74) is 0.357. The van der Waals surface area contributed by atoms with Crippen molar-refractivity contribution in [2.45, 2.75) is 38.5 Å². The second-order valence-electron chi connectivity index (χ2n) is 5.66. The Balaban J connectivity index is 2.06. The lowest BCUT2D eigenvalue weighted by Crippen LogP contribution is -2.64. The lowest BCUT2D eigenvalue weighted by molar-refractivity contribution is -0.0842. The molecule has 0 aliphatic carbocycles. The van der Waals surface area contributed by atoms with Crippen LogP contribution in [0.15, 0.2) is 16.6 Å². The Morgan fingerprint density at radius 1 is 1.57 bits per heavy atom. The molecule has 2 aliphatic rings. The lowest BCUT2D eigenvalue weighted by Gasteiger charge is -2.51. The molecular formula is C15H19BrN2O3. The molecular weight excluding hydrogens is 336 g/mol. The molecule has 2 atom stereocenters. The fourth-order valence-corrected chi connectivity index (χ4v) is 3.66. The maximum absolute atomic E-state index is 12.3. The number of nitrogens with zero attached hydrogens (tertiary/aromatic N) is 1. The molecule has 0 radical (unpaired) electrons. The predicted molar refractivity (Wildman–Crippen MR) is 82.6 cm³/mol. The number of amides is 2. The lowest BCUT2D eigenvalue weighted by atomic mass is 9.90. The number of fused-ring (bicyclic) bond motifs is 4. The van der Waals surface area contributed by atoms with Crippen LogP contribution in [0.5, 0.6) is 11.5 Å². The van der Waals surface area contributed by atoms with Gasteiger partial charge in [0.2, 0.25) is 0 Å². The monoisotopic (exact) mass is 354 g/mol. The average molecular weight is 355 g/mol. The molecule has 1 aromatic carbocycles. The van der Waals surface area contributed by atoms with E-state index in [0.717, 1.165) is 34.4 Å². The third-order valence-electron chi connectivity index (χ3n) is 4.12. The second kappa shape index (κ2) is 5.09. The zero-order chi connectivity index (χ0) is 15.2. The van der Waals surface area contributed by atoms with Gasteiger partial charge in [-0.1, -0.05) is 6.92 Å². The summed E-state index contributed by atoms with van der Waals surface area (Å²) in [5, 5.41) is 3.07. The fourth-order valence-electron chi connectivity index (χ4n) is 3.12. The topological polar surface area (TPSA) is 50.8 Å². The third kappa shape index (κ3) is 2.25. The summed E-state index contributed by atoms with van der Waals surface area (Å²) in [6, 6.07) is 3.70. The Morgan fingerprint density at radius 2 is 2.33 bits per heavy atom. The first kappa shape index (κ1) is 14.5. The van der Waals surface area contributed by atoms with Crippen molar-refractivity contribution in [3.8, 4) is 11.5 Å². The standard InChI is InChI=1S/C15H19BrN2O3/c1-4-5-18-14(19)17-12-8-15(18,2)21-13-10(12)6-9(20-3)7-11(13)16/h6-7,12H,4-5,8H2,1-3H3,(H,17,19). The molecule has 1 aromatic rings. The molecule has 3 rings (SSSR count). The first-order valence-electron chi connectivity index (χ1n) is 7.13. The Hall–Kier alpha value is -1.43. The number of benzene rings is 1. The van der Waals surface area contributed by atoms with E-state index >= 15 is 0 Å². The van der Waals surface area contributed by atoms with Gasteiger partial charge in [-0.05, 0) is 41.4 Å². The van der Waals surface area contributed by atoms with Crippen molar-refractivity contribution in [1.82, 2.24) is 10.2 Å². The minimum atomic E-state index is -0.604. The highest BCUT2D eigenvalue weighted by molar-refractivity contribution is 9.10. The van der Waals surface area contributed by atoms with Crippen molar-refractivity contribution in [1.29, 1.82) is 0 Å². The van der Waals surface area contributed by atoms with Crippen molar-refractivity contribution in [2.24, 2.45) is 0 Å². The highest BCUT2D eigenvalue weighted by atomic mass is 79.9. The average Bonchev–Trinajstić information content (AvgIpc) is 2.44. The van der Waals surface area contributed by atoms with E-state index < -0.39 is 5.72 Å². The Labute approximate surface area is 132 Å². The largest absolute Gasteiger partial charge is 0.497 e. The number of urea groups is 1. The molecule has 2 bridgehead atoms. The van der Waals surface area contributed by atoms with Gasteiger partial charge in [0.05, 0.1) is 17.6 Å². The van der Waals surface area contributed by atoms with Crippen LogP contribution in [-0.2, 0) is 0 Å². The Morgan fingerprint density at radius 3 is 3.00 bits per heavy atom. The van der Waals surface area contributed by atoms with Crippen LogP contribution in [0.1, 0.15) is 38.3 Å². The van der Waals surface area contributed by atoms with Gasteiger partial charge in [0, 0.05) is 18.5 Å². The summed E-state index contributed by atoms with van der Waals surface area (Å²) in [6.07, 6.45) is 1.62. The fraction of sp³-hybridized carbons (Fsp3) is 0.533. The molecule has 1 saturated heterocycles. The zero-order valence-corrected chi connectivity index (χ0v) is 14.0. The van der Waals surface area contributed by atoms with Gasteiger partial charge in [0.25, 0.3) is 0 Å². The van der Waals surface area contributed by atoms with E-state index in [4.69, 9.17) is 9.47 Å². The minimum Gasteiger partial charge on any atom is -0.497 e. The van der Waals surface area contributed by atoms with E-state index in [-0.39, 0.29) is 12.1 Å². The number of methoxy groups -OCH3 is 1. The summed E-state index contributed by atoms with van der Waals surface area (Å²) in [7, 11) is 1.63. The second-order valence-corrected chi connectivity index (χ2v) is 6.52. The van der Waals surface area contributed by atoms with Crippen molar-refractivity contribution in [3.05, 3.63) is 22.2 Å². The van der Waals surface area contributed by atoms with Gasteiger partial charge in [0.15, 0.2) is 5.72 Å². The van der Waals surface area contributed by atoms with Gasteiger partial charge in [0.1, 0.15) is 11.5 Å². The van der Waals surface area contributed by atoms with Crippen molar-refractivity contribution in [2.75, 3.05) is 13.7 Å². The Kier molecular flexibility index (Phi) is 3.51. The summed E-state index contributed by atoms with van der Waals surface area (Å²) in [6.45, 7) is 4.71. The summed E-state index contributed by atoms with van der Waals surface area (Å²) >= 11 is 3.54. The van der Waals surface area contributed by atoms with Crippen LogP contribution in [-0.4, -0.2) is 30.3 Å². The normalized spacial score (nSPS) is 26.8. The number of carbonyl (C=O) groups excluding carboxylic acids is 1. The summed E-state index contributed by atoms with van der Waals surface area (Å²) < 4.78 is 12.4. The maximum atomic E-state index is 12.3. The molecule has 2 heterocycles. The van der Waals surface area contributed by atoms with Gasteiger partial charge in [-0.2, -0.15) is 0 Å². The van der Waals surface area contributed by atoms with E-state index in [1.54, 1.807) is 12.0 Å². The van der Waals surface area contributed by atoms with E-state index in [1.807, 2.05) is 19.1 Å². The quantitative estimate of drug-likeness (QED) is 0.904. The first-order valence-corrected chi connectivity index (χ1v) is 7.92. The first-order chi connectivity index (χ1) is 9.98. The molecule has 6 heteroatoms. The predicted octanol–water partition coefficient (Wildman–Crippen LogP) is 3.43. The molecule has 2 unspecified atom stereocenters. The summed E-state index contributed by atoms with van der Waals surface area (Å²) in [4.78, 5) is 14.1. The van der Waals surface area contributed by atoms with Gasteiger partial charge < -0.3 is 14.8 Å². The zero-order valence-electron chi connectivity index (χ0n) is 12.4. The number of rotatable bonds is 3. The van der Waals surface area contributed by atoms with Crippen LogP contribution >= 0.6 is 15.9 Å². The molecule has 2 amide bonds. The highest BCUT2D eigenvalue weighted by Crippen LogP contribution is 2.48. The van der Waals surface area contributed by atoms with Crippen molar-refractivity contribution >= 4 is 22.0 Å². The molecule has 114 valence electrons. The van der Waals surface area contributed by atoms with Crippen LogP contribution < -0.4 is 14.8 Å². The molecule has 5 nitrogen and oxygen atoms in total. The number of nitrogens with one attached hydrogen (secondary N) is 1. The number of hydrogen-bond acceptors (Lipinski definition) is 3. The number of ether oxygens (including phenoxy) is 2. The molecule has 0 aromatic heterocycles. The van der Waals surface area contributed by atoms with Crippen molar-refractivity contribution in [3.63, 3.8) is 0 Å². The maximum Gasteiger partial charge on any atom is 0.320 e. The molecule has 1 fully saturated rings. The van der Waals surface area contributed by atoms with Crippen LogP contribution in [0.4, 0.5) is 4.79 Å². The number of hydrogen-bond donors (Lipinski definition) is 1. The van der Waals surface area contributed by atoms with E-state index in [9.17, 15) is 4.79 Å². The number of halogens is 1. The smallest absolute Gasteiger partial charge is 0.320 e. The van der Waals surface area contributed by atoms with E-state index in [0.29, 0.717) is 6.54 Å². The Bertz CT molecular complexity index is 593. The molecule has 21 heavy (non-hydrogen) atoms. The van der Waals surface area contributed by atoms with E-state index in [1.165, 1.54) is 0 Å². The van der Waals surface area contributed by atoms with Crippen LogP contribution in [0.2, 0.25) is 0 Å². The third-order valence-corrected chi connectivity index (χ3v) is 4.71. The molecule has 0 spiro atoms.